The first-order valence-electron chi connectivity index (χ1n) is 10.5. The maximum absolute atomic E-state index is 14.7. The topological polar surface area (TPSA) is 116 Å². The molecule has 0 radical (unpaired) electrons. The van der Waals surface area contributed by atoms with Crippen LogP contribution in [0.2, 0.25) is 0 Å². The summed E-state index contributed by atoms with van der Waals surface area (Å²) in [6.07, 6.45) is 5.80. The maximum atomic E-state index is 14.7. The Bertz CT molecular complexity index is 1350. The highest BCUT2D eigenvalue weighted by Crippen LogP contribution is 2.33. The Morgan fingerprint density at radius 3 is 2.76 bits per heavy atom. The number of benzene rings is 1. The van der Waals surface area contributed by atoms with Crippen molar-refractivity contribution in [3.63, 3.8) is 0 Å². The number of H-pyrrole nitrogens is 1. The monoisotopic (exact) mass is 446 g/mol. The van der Waals surface area contributed by atoms with Gasteiger partial charge in [0.15, 0.2) is 17.9 Å². The van der Waals surface area contributed by atoms with Gasteiger partial charge in [0, 0.05) is 31.4 Å². The number of aromatic nitrogens is 5. The number of ketones is 1. The number of aromatic amines is 1. The van der Waals surface area contributed by atoms with Crippen molar-refractivity contribution in [2.75, 3.05) is 18.1 Å². The zero-order chi connectivity index (χ0) is 22.5. The van der Waals surface area contributed by atoms with Crippen molar-refractivity contribution in [1.29, 1.82) is 0 Å². The number of pyridine rings is 1. The van der Waals surface area contributed by atoms with Crippen LogP contribution >= 0.6 is 0 Å². The molecule has 11 heteroatoms. The molecule has 1 aromatic carbocycles. The number of fused-ring (bicyclic) bond motifs is 2. The Kier molecular flexibility index (Phi) is 4.52. The molecule has 3 atom stereocenters. The van der Waals surface area contributed by atoms with Gasteiger partial charge in [0.1, 0.15) is 0 Å². The number of rotatable bonds is 5. The SMILES string of the molecule is O=C(c1c[nH]c2c(-n3nccn3)ncc(F)c12)C(O)N1CC2C=NN(c3ccccc3)C2C1. The number of Topliss-reactive ketones (excluding diaryl/α,β-unsaturated/α-hetero) is 1. The van der Waals surface area contributed by atoms with Crippen LogP contribution in [0.4, 0.5) is 10.1 Å². The van der Waals surface area contributed by atoms with Gasteiger partial charge in [-0.3, -0.25) is 14.7 Å². The Hall–Kier alpha value is -3.96. The molecule has 5 heterocycles. The van der Waals surface area contributed by atoms with Crippen molar-refractivity contribution in [1.82, 2.24) is 29.9 Å². The smallest absolute Gasteiger partial charge is 0.208 e. The summed E-state index contributed by atoms with van der Waals surface area (Å²) < 4.78 is 14.7. The molecular weight excluding hydrogens is 427 g/mol. The van der Waals surface area contributed by atoms with E-state index in [1.165, 1.54) is 23.4 Å². The van der Waals surface area contributed by atoms with Crippen LogP contribution < -0.4 is 5.01 Å². The molecule has 0 spiro atoms. The summed E-state index contributed by atoms with van der Waals surface area (Å²) in [6.45, 7) is 0.917. The number of anilines is 1. The molecule has 6 rings (SSSR count). The van der Waals surface area contributed by atoms with E-state index in [0.29, 0.717) is 13.1 Å². The van der Waals surface area contributed by atoms with E-state index in [2.05, 4.69) is 25.3 Å². The summed E-state index contributed by atoms with van der Waals surface area (Å²) in [7, 11) is 0. The number of hydrazone groups is 1. The second-order valence-electron chi connectivity index (χ2n) is 8.07. The number of halogens is 1. The highest BCUT2D eigenvalue weighted by molar-refractivity contribution is 6.10. The number of carbonyl (C=O) groups excluding carboxylic acids is 1. The molecule has 3 unspecified atom stereocenters. The molecule has 0 aliphatic carbocycles. The highest BCUT2D eigenvalue weighted by Gasteiger charge is 2.43. The van der Waals surface area contributed by atoms with Gasteiger partial charge in [-0.25, -0.2) is 9.37 Å². The van der Waals surface area contributed by atoms with Gasteiger partial charge in [-0.1, -0.05) is 18.2 Å². The molecule has 2 N–H and O–H groups in total. The lowest BCUT2D eigenvalue weighted by molar-refractivity contribution is 0.0205. The van der Waals surface area contributed by atoms with Crippen molar-refractivity contribution in [3.8, 4) is 5.82 Å². The molecule has 1 saturated heterocycles. The molecule has 4 aromatic rings. The first-order chi connectivity index (χ1) is 16.1. The number of aliphatic hydroxyl groups excluding tert-OH is 1. The Labute approximate surface area is 187 Å². The van der Waals surface area contributed by atoms with E-state index >= 15 is 0 Å². The van der Waals surface area contributed by atoms with Crippen molar-refractivity contribution >= 4 is 28.6 Å². The molecule has 0 saturated carbocycles. The molecule has 166 valence electrons. The summed E-state index contributed by atoms with van der Waals surface area (Å²) in [5.74, 6) is -0.920. The summed E-state index contributed by atoms with van der Waals surface area (Å²) in [4.78, 5) is 23.1. The average Bonchev–Trinajstić information content (AvgIpc) is 3.63. The molecule has 10 nitrogen and oxygen atoms in total. The predicted molar refractivity (Wildman–Crippen MR) is 118 cm³/mol. The van der Waals surface area contributed by atoms with Crippen LogP contribution in [0.3, 0.4) is 0 Å². The molecule has 33 heavy (non-hydrogen) atoms. The molecule has 2 aliphatic heterocycles. The average molecular weight is 446 g/mol. The number of likely N-dealkylation sites (tertiary alicyclic amines) is 1. The lowest BCUT2D eigenvalue weighted by Gasteiger charge is -2.25. The van der Waals surface area contributed by atoms with E-state index in [0.717, 1.165) is 11.9 Å². The van der Waals surface area contributed by atoms with Crippen molar-refractivity contribution in [3.05, 3.63) is 66.5 Å². The number of nitrogens with one attached hydrogen (secondary N) is 1. The summed E-state index contributed by atoms with van der Waals surface area (Å²) in [5, 5.41) is 25.5. The second-order valence-corrected chi connectivity index (χ2v) is 8.07. The largest absolute Gasteiger partial charge is 0.371 e. The number of aliphatic hydroxyl groups is 1. The fraction of sp³-hybridized carbons (Fsp3) is 0.227. The minimum absolute atomic E-state index is 0.0104. The quantitative estimate of drug-likeness (QED) is 0.447. The zero-order valence-electron chi connectivity index (χ0n) is 17.3. The maximum Gasteiger partial charge on any atom is 0.208 e. The van der Waals surface area contributed by atoms with Crippen molar-refractivity contribution < 1.29 is 14.3 Å². The van der Waals surface area contributed by atoms with Gasteiger partial charge in [0.2, 0.25) is 5.78 Å². The lowest BCUT2D eigenvalue weighted by atomic mass is 10.1. The van der Waals surface area contributed by atoms with E-state index in [4.69, 9.17) is 0 Å². The minimum Gasteiger partial charge on any atom is -0.371 e. The number of carbonyl (C=O) groups is 1. The van der Waals surface area contributed by atoms with E-state index in [9.17, 15) is 14.3 Å². The van der Waals surface area contributed by atoms with Crippen LogP contribution in [-0.2, 0) is 0 Å². The Morgan fingerprint density at radius 1 is 1.18 bits per heavy atom. The Balaban J connectivity index is 1.28. The first-order valence-corrected chi connectivity index (χ1v) is 10.5. The summed E-state index contributed by atoms with van der Waals surface area (Å²) >= 11 is 0. The molecule has 2 aliphatic rings. The van der Waals surface area contributed by atoms with E-state index in [1.54, 1.807) is 4.90 Å². The number of nitrogens with zero attached hydrogens (tertiary/aromatic N) is 7. The van der Waals surface area contributed by atoms with Gasteiger partial charge >= 0.3 is 0 Å². The van der Waals surface area contributed by atoms with E-state index in [1.807, 2.05) is 41.6 Å². The van der Waals surface area contributed by atoms with Crippen LogP contribution in [0.1, 0.15) is 10.4 Å². The third-order valence-electron chi connectivity index (χ3n) is 6.18. The lowest BCUT2D eigenvalue weighted by Crippen LogP contribution is -2.42. The summed E-state index contributed by atoms with van der Waals surface area (Å²) in [5.41, 5.74) is 1.29. The van der Waals surface area contributed by atoms with E-state index < -0.39 is 17.8 Å². The molecule has 3 aromatic heterocycles. The third-order valence-corrected chi connectivity index (χ3v) is 6.18. The van der Waals surface area contributed by atoms with Crippen molar-refractivity contribution in [2.45, 2.75) is 12.3 Å². The molecule has 1 fully saturated rings. The normalized spacial score (nSPS) is 21.1. The van der Waals surface area contributed by atoms with Gasteiger partial charge in [0.25, 0.3) is 0 Å². The number of para-hydroxylation sites is 1. The van der Waals surface area contributed by atoms with Gasteiger partial charge in [-0.2, -0.15) is 15.3 Å². The van der Waals surface area contributed by atoms with Crippen LogP contribution in [0.25, 0.3) is 16.7 Å². The highest BCUT2D eigenvalue weighted by atomic mass is 19.1. The van der Waals surface area contributed by atoms with Gasteiger partial charge in [0.05, 0.1) is 46.8 Å². The number of hydrogen-bond donors (Lipinski definition) is 2. The number of hydrogen-bond acceptors (Lipinski definition) is 8. The second kappa shape index (κ2) is 7.57. The van der Waals surface area contributed by atoms with Crippen molar-refractivity contribution in [2.24, 2.45) is 11.0 Å². The predicted octanol–water partition coefficient (Wildman–Crippen LogP) is 1.59. The van der Waals surface area contributed by atoms with E-state index in [-0.39, 0.29) is 34.2 Å². The van der Waals surface area contributed by atoms with Crippen LogP contribution in [0, 0.1) is 11.7 Å². The first kappa shape index (κ1) is 19.7. The Morgan fingerprint density at radius 2 is 1.97 bits per heavy atom. The van der Waals surface area contributed by atoms with Gasteiger partial charge < -0.3 is 10.1 Å². The summed E-state index contributed by atoms with van der Waals surface area (Å²) in [6, 6.07) is 9.77. The molecule has 0 bridgehead atoms. The zero-order valence-corrected chi connectivity index (χ0v) is 17.3. The fourth-order valence-electron chi connectivity index (χ4n) is 4.60. The molecular formula is C22H19FN8O2. The minimum atomic E-state index is -1.42. The fourth-order valence-corrected chi connectivity index (χ4v) is 4.60. The van der Waals surface area contributed by atoms with Gasteiger partial charge in [-0.05, 0) is 12.1 Å². The third kappa shape index (κ3) is 3.12. The van der Waals surface area contributed by atoms with Crippen LogP contribution in [0.5, 0.6) is 0 Å². The van der Waals surface area contributed by atoms with Crippen LogP contribution in [-0.4, -0.2) is 72.3 Å². The van der Waals surface area contributed by atoms with Gasteiger partial charge in [-0.15, -0.1) is 4.80 Å². The van der Waals surface area contributed by atoms with Crippen LogP contribution in [0.15, 0.2) is 60.2 Å². The standard InChI is InChI=1S/C22H19FN8O2/c23-16-10-25-21(31-26-6-7-27-31)19-18(16)15(9-24-19)20(32)22(33)29-11-13-8-28-30(17(13)12-29)14-4-2-1-3-5-14/h1-10,13,17,22,24,33H,11-12H2. The molecule has 0 amide bonds.